The number of hydrogen-bond acceptors (Lipinski definition) is 4. The third-order valence-electron chi connectivity index (χ3n) is 3.58. The lowest BCUT2D eigenvalue weighted by molar-refractivity contribution is 0.102. The van der Waals surface area contributed by atoms with Crippen molar-refractivity contribution < 1.29 is 14.3 Å². The number of ether oxygens (including phenoxy) is 2. The summed E-state index contributed by atoms with van der Waals surface area (Å²) >= 11 is 0. The van der Waals surface area contributed by atoms with Gasteiger partial charge >= 0.3 is 0 Å². The standard InChI is InChI=1S/C19H18N2O3/c1-3-24-18-7-5-4-6-16(18)19(22)21-14-10-13-8-9-15(23-2)11-17(13)20-12-14/h4-12H,3H2,1-2H3,(H,21,22). The summed E-state index contributed by atoms with van der Waals surface area (Å²) in [6, 6.07) is 14.7. The second kappa shape index (κ2) is 7.00. The third kappa shape index (κ3) is 3.30. The number of nitrogens with one attached hydrogen (secondary N) is 1. The minimum absolute atomic E-state index is 0.228. The lowest BCUT2D eigenvalue weighted by Gasteiger charge is -2.11. The van der Waals surface area contributed by atoms with Crippen LogP contribution in [0.15, 0.2) is 54.7 Å². The van der Waals surface area contributed by atoms with Gasteiger partial charge in [0.1, 0.15) is 11.5 Å². The number of amides is 1. The number of para-hydroxylation sites is 1. The molecule has 0 atom stereocenters. The van der Waals surface area contributed by atoms with Gasteiger partial charge in [-0.2, -0.15) is 0 Å². The molecule has 0 aliphatic heterocycles. The number of benzene rings is 2. The summed E-state index contributed by atoms with van der Waals surface area (Å²) in [7, 11) is 1.62. The van der Waals surface area contributed by atoms with E-state index >= 15 is 0 Å². The minimum Gasteiger partial charge on any atom is -0.497 e. The molecule has 1 N–H and O–H groups in total. The fraction of sp³-hybridized carbons (Fsp3) is 0.158. The quantitative estimate of drug-likeness (QED) is 0.774. The number of pyridine rings is 1. The van der Waals surface area contributed by atoms with Gasteiger partial charge in [0, 0.05) is 11.5 Å². The Bertz CT molecular complexity index is 877. The van der Waals surface area contributed by atoms with Crippen molar-refractivity contribution in [1.82, 2.24) is 4.98 Å². The predicted octanol–water partition coefficient (Wildman–Crippen LogP) is 3.89. The van der Waals surface area contributed by atoms with Crippen LogP contribution in [0.4, 0.5) is 5.69 Å². The fourth-order valence-corrected chi connectivity index (χ4v) is 2.43. The second-order valence-corrected chi connectivity index (χ2v) is 5.17. The van der Waals surface area contributed by atoms with Crippen molar-refractivity contribution in [2.75, 3.05) is 19.0 Å². The Balaban J connectivity index is 1.85. The summed E-state index contributed by atoms with van der Waals surface area (Å²) in [5, 5.41) is 3.79. The Labute approximate surface area is 140 Å². The van der Waals surface area contributed by atoms with E-state index in [1.807, 2.05) is 43.3 Å². The maximum absolute atomic E-state index is 12.5. The van der Waals surface area contributed by atoms with E-state index in [-0.39, 0.29) is 5.91 Å². The average molecular weight is 322 g/mol. The molecular formula is C19H18N2O3. The first-order valence-corrected chi connectivity index (χ1v) is 7.68. The van der Waals surface area contributed by atoms with Crippen molar-refractivity contribution in [3.8, 4) is 11.5 Å². The number of anilines is 1. The Hall–Kier alpha value is -3.08. The highest BCUT2D eigenvalue weighted by atomic mass is 16.5. The first-order chi connectivity index (χ1) is 11.7. The van der Waals surface area contributed by atoms with E-state index < -0.39 is 0 Å². The SMILES string of the molecule is CCOc1ccccc1C(=O)Nc1cnc2cc(OC)ccc2c1. The molecule has 0 saturated heterocycles. The number of fused-ring (bicyclic) bond motifs is 1. The van der Waals surface area contributed by atoms with Crippen LogP contribution in [0.1, 0.15) is 17.3 Å². The molecule has 0 bridgehead atoms. The lowest BCUT2D eigenvalue weighted by atomic mass is 10.1. The van der Waals surface area contributed by atoms with Gasteiger partial charge in [-0.15, -0.1) is 0 Å². The van der Waals surface area contributed by atoms with Crippen LogP contribution in [0, 0.1) is 0 Å². The van der Waals surface area contributed by atoms with E-state index in [1.165, 1.54) is 0 Å². The molecule has 3 aromatic rings. The minimum atomic E-state index is -0.228. The zero-order chi connectivity index (χ0) is 16.9. The first-order valence-electron chi connectivity index (χ1n) is 7.68. The predicted molar refractivity (Wildman–Crippen MR) is 93.9 cm³/mol. The summed E-state index contributed by atoms with van der Waals surface area (Å²) in [6.45, 7) is 2.39. The fourth-order valence-electron chi connectivity index (χ4n) is 2.43. The van der Waals surface area contributed by atoms with Crippen molar-refractivity contribution in [2.24, 2.45) is 0 Å². The number of nitrogens with zero attached hydrogens (tertiary/aromatic N) is 1. The summed E-state index contributed by atoms with van der Waals surface area (Å²) in [4.78, 5) is 16.9. The average Bonchev–Trinajstić information content (AvgIpc) is 2.62. The normalized spacial score (nSPS) is 10.4. The molecule has 0 radical (unpaired) electrons. The van der Waals surface area contributed by atoms with Crippen LogP contribution in [-0.2, 0) is 0 Å². The number of carbonyl (C=O) groups excluding carboxylic acids is 1. The largest absolute Gasteiger partial charge is 0.497 e. The van der Waals surface area contributed by atoms with Crippen molar-refractivity contribution >= 4 is 22.5 Å². The van der Waals surface area contributed by atoms with Crippen molar-refractivity contribution in [3.05, 3.63) is 60.3 Å². The summed E-state index contributed by atoms with van der Waals surface area (Å²) in [5.41, 5.74) is 1.93. The summed E-state index contributed by atoms with van der Waals surface area (Å²) < 4.78 is 10.7. The van der Waals surface area contributed by atoms with Gasteiger partial charge in [-0.25, -0.2) is 0 Å². The van der Waals surface area contributed by atoms with Gasteiger partial charge in [0.15, 0.2) is 0 Å². The van der Waals surface area contributed by atoms with E-state index in [9.17, 15) is 4.79 Å². The Morgan fingerprint density at radius 1 is 1.17 bits per heavy atom. The van der Waals surface area contributed by atoms with Crippen LogP contribution >= 0.6 is 0 Å². The van der Waals surface area contributed by atoms with E-state index in [0.717, 1.165) is 16.7 Å². The van der Waals surface area contributed by atoms with Crippen molar-refractivity contribution in [3.63, 3.8) is 0 Å². The van der Waals surface area contributed by atoms with Crippen LogP contribution in [0.2, 0.25) is 0 Å². The third-order valence-corrected chi connectivity index (χ3v) is 3.58. The van der Waals surface area contributed by atoms with Gasteiger partial charge in [-0.1, -0.05) is 12.1 Å². The topological polar surface area (TPSA) is 60.5 Å². The summed E-state index contributed by atoms with van der Waals surface area (Å²) in [5.74, 6) is 1.09. The van der Waals surface area contributed by atoms with Gasteiger partial charge in [0.25, 0.3) is 5.91 Å². The van der Waals surface area contributed by atoms with Crippen LogP contribution in [0.3, 0.4) is 0 Å². The highest BCUT2D eigenvalue weighted by Gasteiger charge is 2.12. The van der Waals surface area contributed by atoms with E-state index in [4.69, 9.17) is 9.47 Å². The molecule has 5 heteroatoms. The monoisotopic (exact) mass is 322 g/mol. The van der Waals surface area contributed by atoms with Crippen molar-refractivity contribution in [2.45, 2.75) is 6.92 Å². The molecule has 5 nitrogen and oxygen atoms in total. The molecular weight excluding hydrogens is 304 g/mol. The Kier molecular flexibility index (Phi) is 4.61. The molecule has 3 rings (SSSR count). The highest BCUT2D eigenvalue weighted by molar-refractivity contribution is 6.06. The maximum Gasteiger partial charge on any atom is 0.259 e. The molecule has 122 valence electrons. The molecule has 0 spiro atoms. The van der Waals surface area contributed by atoms with Gasteiger partial charge < -0.3 is 14.8 Å². The van der Waals surface area contributed by atoms with Crippen LogP contribution < -0.4 is 14.8 Å². The molecule has 1 amide bonds. The molecule has 2 aromatic carbocycles. The van der Waals surface area contributed by atoms with Crippen LogP contribution in [0.25, 0.3) is 10.9 Å². The number of methoxy groups -OCH3 is 1. The van der Waals surface area contributed by atoms with E-state index in [1.54, 1.807) is 25.4 Å². The number of rotatable bonds is 5. The van der Waals surface area contributed by atoms with Crippen LogP contribution in [-0.4, -0.2) is 24.6 Å². The Morgan fingerprint density at radius 2 is 2.00 bits per heavy atom. The second-order valence-electron chi connectivity index (χ2n) is 5.17. The van der Waals surface area contributed by atoms with Gasteiger partial charge in [-0.05, 0) is 37.3 Å². The molecule has 0 aliphatic carbocycles. The zero-order valence-electron chi connectivity index (χ0n) is 13.6. The molecule has 1 heterocycles. The Morgan fingerprint density at radius 3 is 2.79 bits per heavy atom. The molecule has 24 heavy (non-hydrogen) atoms. The molecule has 0 aliphatic rings. The smallest absolute Gasteiger partial charge is 0.259 e. The number of hydrogen-bond donors (Lipinski definition) is 1. The first kappa shape index (κ1) is 15.8. The number of aromatic nitrogens is 1. The lowest BCUT2D eigenvalue weighted by Crippen LogP contribution is -2.13. The number of carbonyl (C=O) groups is 1. The zero-order valence-corrected chi connectivity index (χ0v) is 13.6. The molecule has 1 aromatic heterocycles. The van der Waals surface area contributed by atoms with Gasteiger partial charge in [-0.3, -0.25) is 9.78 Å². The molecule has 0 saturated carbocycles. The van der Waals surface area contributed by atoms with E-state index in [0.29, 0.717) is 23.6 Å². The van der Waals surface area contributed by atoms with Crippen LogP contribution in [0.5, 0.6) is 11.5 Å². The van der Waals surface area contributed by atoms with E-state index in [2.05, 4.69) is 10.3 Å². The molecule has 0 fully saturated rings. The van der Waals surface area contributed by atoms with Gasteiger partial charge in [0.2, 0.25) is 0 Å². The molecule has 0 unspecified atom stereocenters. The summed E-state index contributed by atoms with van der Waals surface area (Å²) in [6.07, 6.45) is 1.63. The highest BCUT2D eigenvalue weighted by Crippen LogP contribution is 2.23. The van der Waals surface area contributed by atoms with Crippen molar-refractivity contribution in [1.29, 1.82) is 0 Å². The van der Waals surface area contributed by atoms with Gasteiger partial charge in [0.05, 0.1) is 36.7 Å². The maximum atomic E-state index is 12.5.